The molecule has 0 aliphatic carbocycles. The van der Waals surface area contributed by atoms with Gasteiger partial charge in [-0.25, -0.2) is 9.79 Å². The van der Waals surface area contributed by atoms with Gasteiger partial charge in [0.05, 0.1) is 4.92 Å². The van der Waals surface area contributed by atoms with E-state index in [-0.39, 0.29) is 23.9 Å². The van der Waals surface area contributed by atoms with Crippen LogP contribution in [0.5, 0.6) is 5.75 Å². The highest BCUT2D eigenvalue weighted by Crippen LogP contribution is 2.24. The number of cyclic esters (lactones) is 1. The molecule has 1 aliphatic heterocycles. The van der Waals surface area contributed by atoms with Crippen molar-refractivity contribution in [1.82, 2.24) is 0 Å². The molecule has 1 heterocycles. The number of hydrogen-bond donors (Lipinski definition) is 0. The van der Waals surface area contributed by atoms with Gasteiger partial charge >= 0.3 is 5.97 Å². The summed E-state index contributed by atoms with van der Waals surface area (Å²) in [5.74, 6) is 0.334. The molecule has 5 rings (SSSR count). The van der Waals surface area contributed by atoms with Gasteiger partial charge < -0.3 is 9.47 Å². The molecule has 7 nitrogen and oxygen atoms in total. The van der Waals surface area contributed by atoms with E-state index in [1.807, 2.05) is 66.7 Å². The lowest BCUT2D eigenvalue weighted by Gasteiger charge is -2.07. The van der Waals surface area contributed by atoms with Gasteiger partial charge in [0.2, 0.25) is 5.90 Å². The average molecular weight is 476 g/mol. The van der Waals surface area contributed by atoms with Gasteiger partial charge in [0, 0.05) is 17.7 Å². The number of ether oxygens (including phenoxy) is 2. The van der Waals surface area contributed by atoms with E-state index in [1.165, 1.54) is 12.1 Å². The molecule has 0 spiro atoms. The number of carbonyl (C=O) groups is 1. The maximum absolute atomic E-state index is 12.4. The standard InChI is InChI=1S/C29H20N2O5/c32-29-27(30-28(36-29)24-13-11-23(12-14-24)22-6-2-1-3-7-22)18-21-5-4-8-26(17-21)35-19-20-9-15-25(16-10-20)31(33)34/h1-18H,19H2/b27-18-. The Kier molecular flexibility index (Phi) is 6.36. The number of nitro benzene ring substituents is 1. The molecule has 0 bridgehead atoms. The maximum Gasteiger partial charge on any atom is 0.363 e. The molecule has 36 heavy (non-hydrogen) atoms. The topological polar surface area (TPSA) is 91.0 Å². The first-order valence-electron chi connectivity index (χ1n) is 11.2. The van der Waals surface area contributed by atoms with E-state index in [9.17, 15) is 14.9 Å². The second-order valence-corrected chi connectivity index (χ2v) is 8.06. The summed E-state index contributed by atoms with van der Waals surface area (Å²) in [4.78, 5) is 27.2. The minimum atomic E-state index is -0.519. The summed E-state index contributed by atoms with van der Waals surface area (Å²) in [5, 5.41) is 10.8. The van der Waals surface area contributed by atoms with Crippen molar-refractivity contribution in [3.05, 3.63) is 136 Å². The van der Waals surface area contributed by atoms with Crippen LogP contribution in [0.4, 0.5) is 5.69 Å². The minimum absolute atomic E-state index is 0.0304. The van der Waals surface area contributed by atoms with E-state index in [4.69, 9.17) is 9.47 Å². The van der Waals surface area contributed by atoms with Crippen molar-refractivity contribution in [3.63, 3.8) is 0 Å². The largest absolute Gasteiger partial charge is 0.489 e. The van der Waals surface area contributed by atoms with E-state index >= 15 is 0 Å². The fraction of sp³-hybridized carbons (Fsp3) is 0.0345. The van der Waals surface area contributed by atoms with Crippen molar-refractivity contribution in [2.75, 3.05) is 0 Å². The van der Waals surface area contributed by atoms with Crippen molar-refractivity contribution in [3.8, 4) is 16.9 Å². The van der Waals surface area contributed by atoms with E-state index < -0.39 is 10.9 Å². The van der Waals surface area contributed by atoms with Crippen LogP contribution in [0.15, 0.2) is 114 Å². The molecule has 4 aromatic carbocycles. The molecule has 4 aromatic rings. The first-order chi connectivity index (χ1) is 17.5. The number of carbonyl (C=O) groups excluding carboxylic acids is 1. The van der Waals surface area contributed by atoms with Crippen LogP contribution in [-0.2, 0) is 16.1 Å². The Morgan fingerprint density at radius 3 is 2.25 bits per heavy atom. The van der Waals surface area contributed by atoms with E-state index in [1.54, 1.807) is 30.3 Å². The Hall–Kier alpha value is -5.04. The molecule has 0 unspecified atom stereocenters. The van der Waals surface area contributed by atoms with Gasteiger partial charge in [-0.15, -0.1) is 0 Å². The Morgan fingerprint density at radius 1 is 0.833 bits per heavy atom. The third-order valence-corrected chi connectivity index (χ3v) is 5.57. The minimum Gasteiger partial charge on any atom is -0.489 e. The van der Waals surface area contributed by atoms with Crippen molar-refractivity contribution in [2.24, 2.45) is 4.99 Å². The summed E-state index contributed by atoms with van der Waals surface area (Å²) in [6, 6.07) is 31.1. The number of rotatable bonds is 7. The van der Waals surface area contributed by atoms with Gasteiger partial charge in [0.1, 0.15) is 12.4 Å². The van der Waals surface area contributed by atoms with Crippen LogP contribution in [0.3, 0.4) is 0 Å². The molecule has 0 radical (unpaired) electrons. The smallest absolute Gasteiger partial charge is 0.363 e. The Bertz CT molecular complexity index is 1470. The molecule has 176 valence electrons. The quantitative estimate of drug-likeness (QED) is 0.137. The lowest BCUT2D eigenvalue weighted by molar-refractivity contribution is -0.384. The van der Waals surface area contributed by atoms with Gasteiger partial charge in [-0.1, -0.05) is 54.6 Å². The summed E-state index contributed by atoms with van der Waals surface area (Å²) in [7, 11) is 0. The van der Waals surface area contributed by atoms with Crippen molar-refractivity contribution in [1.29, 1.82) is 0 Å². The Balaban J connectivity index is 1.28. The van der Waals surface area contributed by atoms with Gasteiger partial charge in [0.15, 0.2) is 5.70 Å². The normalized spacial score (nSPS) is 13.8. The summed E-state index contributed by atoms with van der Waals surface area (Å²) in [6.45, 7) is 0.251. The molecule has 7 heteroatoms. The van der Waals surface area contributed by atoms with Crippen molar-refractivity contribution >= 4 is 23.6 Å². The summed E-state index contributed by atoms with van der Waals surface area (Å²) < 4.78 is 11.2. The molecule has 0 saturated carbocycles. The number of benzene rings is 4. The van der Waals surface area contributed by atoms with Crippen LogP contribution < -0.4 is 4.74 Å². The summed E-state index contributed by atoms with van der Waals surface area (Å²) >= 11 is 0. The molecule has 0 fully saturated rings. The average Bonchev–Trinajstić information content (AvgIpc) is 3.28. The van der Waals surface area contributed by atoms with Gasteiger partial charge in [-0.3, -0.25) is 10.1 Å². The first-order valence-corrected chi connectivity index (χ1v) is 11.2. The zero-order valence-corrected chi connectivity index (χ0v) is 19.0. The van der Waals surface area contributed by atoms with Crippen LogP contribution in [0.1, 0.15) is 16.7 Å². The fourth-order valence-electron chi connectivity index (χ4n) is 3.70. The second kappa shape index (κ2) is 10.1. The van der Waals surface area contributed by atoms with Gasteiger partial charge in [-0.2, -0.15) is 0 Å². The number of non-ortho nitro benzene ring substituents is 1. The highest BCUT2D eigenvalue weighted by atomic mass is 16.6. The SMILES string of the molecule is O=C1OC(c2ccc(-c3ccccc3)cc2)=N/C1=C\c1cccc(OCc2ccc([N+](=O)[O-])cc2)c1. The van der Waals surface area contributed by atoms with E-state index in [0.717, 1.165) is 22.3 Å². The zero-order valence-electron chi connectivity index (χ0n) is 19.0. The van der Waals surface area contributed by atoms with Crippen LogP contribution in [-0.4, -0.2) is 16.8 Å². The molecule has 0 atom stereocenters. The van der Waals surface area contributed by atoms with Crippen LogP contribution in [0.25, 0.3) is 17.2 Å². The first kappa shape index (κ1) is 22.7. The van der Waals surface area contributed by atoms with Crippen LogP contribution >= 0.6 is 0 Å². The van der Waals surface area contributed by atoms with Crippen molar-refractivity contribution < 1.29 is 19.2 Å². The monoisotopic (exact) mass is 476 g/mol. The predicted octanol–water partition coefficient (Wildman–Crippen LogP) is 6.19. The second-order valence-electron chi connectivity index (χ2n) is 8.06. The number of hydrogen-bond acceptors (Lipinski definition) is 6. The highest BCUT2D eigenvalue weighted by Gasteiger charge is 2.24. The number of nitro groups is 1. The van der Waals surface area contributed by atoms with Crippen LogP contribution in [0, 0.1) is 10.1 Å². The van der Waals surface area contributed by atoms with Gasteiger partial charge in [0.25, 0.3) is 5.69 Å². The Morgan fingerprint density at radius 2 is 1.53 bits per heavy atom. The molecule has 0 saturated heterocycles. The third kappa shape index (κ3) is 5.20. The Labute approximate surface area is 207 Å². The molecule has 0 N–H and O–H groups in total. The van der Waals surface area contributed by atoms with E-state index in [0.29, 0.717) is 11.3 Å². The number of aliphatic imine (C=N–C) groups is 1. The number of esters is 1. The molecule has 0 aromatic heterocycles. The van der Waals surface area contributed by atoms with Crippen molar-refractivity contribution in [2.45, 2.75) is 6.61 Å². The highest BCUT2D eigenvalue weighted by molar-refractivity contribution is 6.13. The predicted molar refractivity (Wildman–Crippen MR) is 136 cm³/mol. The lowest BCUT2D eigenvalue weighted by Crippen LogP contribution is -2.05. The van der Waals surface area contributed by atoms with Gasteiger partial charge in [-0.05, 0) is 64.7 Å². The third-order valence-electron chi connectivity index (χ3n) is 5.57. The zero-order chi connectivity index (χ0) is 24.9. The summed E-state index contributed by atoms with van der Waals surface area (Å²) in [5.41, 5.74) is 4.64. The molecular formula is C29H20N2O5. The number of nitrogens with zero attached hydrogens (tertiary/aromatic N) is 2. The maximum atomic E-state index is 12.4. The summed E-state index contributed by atoms with van der Waals surface area (Å²) in [6.07, 6.45) is 1.65. The lowest BCUT2D eigenvalue weighted by atomic mass is 10.0. The molecule has 1 aliphatic rings. The van der Waals surface area contributed by atoms with Crippen LogP contribution in [0.2, 0.25) is 0 Å². The molecular weight excluding hydrogens is 456 g/mol. The fourth-order valence-corrected chi connectivity index (χ4v) is 3.70. The molecule has 0 amide bonds. The van der Waals surface area contributed by atoms with E-state index in [2.05, 4.69) is 4.99 Å².